The van der Waals surface area contributed by atoms with Crippen LogP contribution in [0.3, 0.4) is 0 Å². The van der Waals surface area contributed by atoms with E-state index in [2.05, 4.69) is 10.6 Å². The van der Waals surface area contributed by atoms with Gasteiger partial charge in [-0.05, 0) is 50.1 Å². The number of hydrogen-bond donors (Lipinski definition) is 2. The Kier molecular flexibility index (Phi) is 4.09. The molecule has 1 aromatic carbocycles. The van der Waals surface area contributed by atoms with Crippen molar-refractivity contribution in [1.29, 1.82) is 0 Å². The average Bonchev–Trinajstić information content (AvgIpc) is 2.83. The van der Waals surface area contributed by atoms with Crippen molar-refractivity contribution in [3.8, 4) is 0 Å². The third kappa shape index (κ3) is 3.82. The third-order valence-electron chi connectivity index (χ3n) is 3.01. The van der Waals surface area contributed by atoms with E-state index in [0.29, 0.717) is 18.2 Å². The minimum absolute atomic E-state index is 0.00897. The molecule has 1 fully saturated rings. The van der Waals surface area contributed by atoms with Crippen LogP contribution in [0, 0.1) is 5.82 Å². The quantitative estimate of drug-likeness (QED) is 0.842. The molecular weight excluding hydrogens is 219 g/mol. The fourth-order valence-electron chi connectivity index (χ4n) is 2.07. The van der Waals surface area contributed by atoms with Crippen LogP contribution in [0.1, 0.15) is 25.7 Å². The molecule has 1 amide bonds. The Balaban J connectivity index is 1.74. The monoisotopic (exact) mass is 236 g/mol. The van der Waals surface area contributed by atoms with E-state index in [9.17, 15) is 9.18 Å². The molecule has 17 heavy (non-hydrogen) atoms. The molecule has 1 aromatic rings. The van der Waals surface area contributed by atoms with Crippen molar-refractivity contribution < 1.29 is 9.18 Å². The van der Waals surface area contributed by atoms with Crippen molar-refractivity contribution in [3.63, 3.8) is 0 Å². The van der Waals surface area contributed by atoms with Crippen LogP contribution in [0.5, 0.6) is 0 Å². The van der Waals surface area contributed by atoms with Gasteiger partial charge in [-0.1, -0.05) is 0 Å². The van der Waals surface area contributed by atoms with Gasteiger partial charge in [-0.3, -0.25) is 4.79 Å². The summed E-state index contributed by atoms with van der Waals surface area (Å²) in [5.41, 5.74) is 0.649. The molecular formula is C13H17FN2O. The molecule has 1 saturated heterocycles. The Morgan fingerprint density at radius 3 is 2.82 bits per heavy atom. The SMILES string of the molecule is O=C(CCC1CCCN1)Nc1ccc(F)cc1. The van der Waals surface area contributed by atoms with Gasteiger partial charge in [0.1, 0.15) is 5.82 Å². The summed E-state index contributed by atoms with van der Waals surface area (Å²) in [5.74, 6) is -0.302. The molecule has 1 atom stereocenters. The molecule has 1 aliphatic heterocycles. The van der Waals surface area contributed by atoms with Gasteiger partial charge >= 0.3 is 0 Å². The van der Waals surface area contributed by atoms with E-state index >= 15 is 0 Å². The summed E-state index contributed by atoms with van der Waals surface area (Å²) in [7, 11) is 0. The van der Waals surface area contributed by atoms with Gasteiger partial charge in [0.15, 0.2) is 0 Å². The molecule has 0 bridgehead atoms. The lowest BCUT2D eigenvalue weighted by Crippen LogP contribution is -2.23. The number of hydrogen-bond acceptors (Lipinski definition) is 2. The lowest BCUT2D eigenvalue weighted by Gasteiger charge is -2.09. The molecule has 2 N–H and O–H groups in total. The maximum atomic E-state index is 12.7. The first-order valence-electron chi connectivity index (χ1n) is 6.03. The molecule has 0 spiro atoms. The molecule has 0 saturated carbocycles. The number of rotatable bonds is 4. The van der Waals surface area contributed by atoms with E-state index < -0.39 is 0 Å². The first-order valence-corrected chi connectivity index (χ1v) is 6.03. The summed E-state index contributed by atoms with van der Waals surface area (Å²) in [4.78, 5) is 11.6. The molecule has 0 radical (unpaired) electrons. The maximum Gasteiger partial charge on any atom is 0.224 e. The topological polar surface area (TPSA) is 41.1 Å². The molecule has 1 aliphatic rings. The smallest absolute Gasteiger partial charge is 0.224 e. The molecule has 2 rings (SSSR count). The Morgan fingerprint density at radius 1 is 1.41 bits per heavy atom. The van der Waals surface area contributed by atoms with Crippen molar-refractivity contribution in [2.24, 2.45) is 0 Å². The zero-order chi connectivity index (χ0) is 12.1. The minimum atomic E-state index is -0.293. The number of halogens is 1. The number of carbonyl (C=O) groups is 1. The van der Waals surface area contributed by atoms with Gasteiger partial charge in [0, 0.05) is 18.2 Å². The molecule has 92 valence electrons. The molecule has 0 aliphatic carbocycles. The lowest BCUT2D eigenvalue weighted by atomic mass is 10.1. The summed E-state index contributed by atoms with van der Waals surface area (Å²) in [6.45, 7) is 1.06. The van der Waals surface area contributed by atoms with Crippen molar-refractivity contribution >= 4 is 11.6 Å². The molecule has 0 aromatic heterocycles. The van der Waals surface area contributed by atoms with Crippen LogP contribution in [0.15, 0.2) is 24.3 Å². The zero-order valence-corrected chi connectivity index (χ0v) is 9.71. The summed E-state index contributed by atoms with van der Waals surface area (Å²) >= 11 is 0. The van der Waals surface area contributed by atoms with Crippen molar-refractivity contribution in [2.75, 3.05) is 11.9 Å². The van der Waals surface area contributed by atoms with E-state index in [1.54, 1.807) is 12.1 Å². The molecule has 1 heterocycles. The van der Waals surface area contributed by atoms with E-state index in [1.165, 1.54) is 18.6 Å². The second-order valence-electron chi connectivity index (χ2n) is 4.39. The van der Waals surface area contributed by atoms with Crippen LogP contribution >= 0.6 is 0 Å². The first-order chi connectivity index (χ1) is 8.24. The fraction of sp³-hybridized carbons (Fsp3) is 0.462. The molecule has 1 unspecified atom stereocenters. The number of benzene rings is 1. The van der Waals surface area contributed by atoms with Crippen LogP contribution in [0.2, 0.25) is 0 Å². The van der Waals surface area contributed by atoms with Gasteiger partial charge in [0.25, 0.3) is 0 Å². The Labute approximate surface area is 100 Å². The highest BCUT2D eigenvalue weighted by atomic mass is 19.1. The van der Waals surface area contributed by atoms with Crippen LogP contribution in [-0.2, 0) is 4.79 Å². The summed E-state index contributed by atoms with van der Waals surface area (Å²) in [5, 5.41) is 6.11. The van der Waals surface area contributed by atoms with Gasteiger partial charge in [-0.15, -0.1) is 0 Å². The molecule has 3 nitrogen and oxygen atoms in total. The van der Waals surface area contributed by atoms with Crippen LogP contribution in [-0.4, -0.2) is 18.5 Å². The molecule has 4 heteroatoms. The number of nitrogens with one attached hydrogen (secondary N) is 2. The summed E-state index contributed by atoms with van der Waals surface area (Å²) in [6.07, 6.45) is 3.73. The minimum Gasteiger partial charge on any atom is -0.326 e. The van der Waals surface area contributed by atoms with E-state index in [-0.39, 0.29) is 11.7 Å². The van der Waals surface area contributed by atoms with Crippen molar-refractivity contribution in [3.05, 3.63) is 30.1 Å². The second-order valence-corrected chi connectivity index (χ2v) is 4.39. The van der Waals surface area contributed by atoms with Crippen molar-refractivity contribution in [1.82, 2.24) is 5.32 Å². The fourth-order valence-corrected chi connectivity index (χ4v) is 2.07. The van der Waals surface area contributed by atoms with E-state index in [4.69, 9.17) is 0 Å². The highest BCUT2D eigenvalue weighted by Gasteiger charge is 2.15. The van der Waals surface area contributed by atoms with Gasteiger partial charge in [0.05, 0.1) is 0 Å². The Morgan fingerprint density at radius 2 is 2.18 bits per heavy atom. The van der Waals surface area contributed by atoms with Gasteiger partial charge in [-0.2, -0.15) is 0 Å². The lowest BCUT2D eigenvalue weighted by molar-refractivity contribution is -0.116. The Bertz CT molecular complexity index is 372. The van der Waals surface area contributed by atoms with E-state index in [0.717, 1.165) is 19.4 Å². The number of amides is 1. The summed E-state index contributed by atoms with van der Waals surface area (Å²) < 4.78 is 12.7. The average molecular weight is 236 g/mol. The van der Waals surface area contributed by atoms with Gasteiger partial charge < -0.3 is 10.6 Å². The standard InChI is InChI=1S/C13H17FN2O/c14-10-3-5-12(6-4-10)16-13(17)8-7-11-2-1-9-15-11/h3-6,11,15H,1-2,7-9H2,(H,16,17). The van der Waals surface area contributed by atoms with Gasteiger partial charge in [-0.25, -0.2) is 4.39 Å². The first kappa shape index (κ1) is 12.0. The van der Waals surface area contributed by atoms with Crippen LogP contribution < -0.4 is 10.6 Å². The van der Waals surface area contributed by atoms with Crippen molar-refractivity contribution in [2.45, 2.75) is 31.7 Å². The predicted molar refractivity (Wildman–Crippen MR) is 65.3 cm³/mol. The highest BCUT2D eigenvalue weighted by Crippen LogP contribution is 2.12. The zero-order valence-electron chi connectivity index (χ0n) is 9.71. The normalized spacial score (nSPS) is 19.2. The largest absolute Gasteiger partial charge is 0.326 e. The van der Waals surface area contributed by atoms with Crippen LogP contribution in [0.4, 0.5) is 10.1 Å². The van der Waals surface area contributed by atoms with Crippen LogP contribution in [0.25, 0.3) is 0 Å². The highest BCUT2D eigenvalue weighted by molar-refractivity contribution is 5.90. The van der Waals surface area contributed by atoms with Gasteiger partial charge in [0.2, 0.25) is 5.91 Å². The number of anilines is 1. The second kappa shape index (κ2) is 5.77. The summed E-state index contributed by atoms with van der Waals surface area (Å²) in [6, 6.07) is 6.30. The third-order valence-corrected chi connectivity index (χ3v) is 3.01. The number of carbonyl (C=O) groups excluding carboxylic acids is 1. The Hall–Kier alpha value is -1.42. The van der Waals surface area contributed by atoms with E-state index in [1.807, 2.05) is 0 Å². The predicted octanol–water partition coefficient (Wildman–Crippen LogP) is 2.30. The maximum absolute atomic E-state index is 12.7.